The quantitative estimate of drug-likeness (QED) is 0.912. The highest BCUT2D eigenvalue weighted by Gasteiger charge is 2.23. The van der Waals surface area contributed by atoms with Gasteiger partial charge in [0.2, 0.25) is 0 Å². The standard InChI is InChI=1S/C13H18FNO3S/c1-18-13-9(8-10-4-3-7-15-10)5-6-11(12(13)14)19(2,16)17/h5-6,10,15H,3-4,7-8H2,1-2H3. The summed E-state index contributed by atoms with van der Waals surface area (Å²) in [5.41, 5.74) is 0.701. The van der Waals surface area contributed by atoms with Crippen molar-refractivity contribution in [1.82, 2.24) is 5.32 Å². The van der Waals surface area contributed by atoms with E-state index in [2.05, 4.69) is 5.32 Å². The summed E-state index contributed by atoms with van der Waals surface area (Å²) in [6, 6.07) is 3.26. The first kappa shape index (κ1) is 14.3. The highest BCUT2D eigenvalue weighted by atomic mass is 32.2. The van der Waals surface area contributed by atoms with Gasteiger partial charge in [-0.2, -0.15) is 0 Å². The van der Waals surface area contributed by atoms with E-state index in [1.165, 1.54) is 13.2 Å². The third kappa shape index (κ3) is 3.06. The molecule has 1 atom stereocenters. The summed E-state index contributed by atoms with van der Waals surface area (Å²) < 4.78 is 42.2. The van der Waals surface area contributed by atoms with E-state index in [0.29, 0.717) is 18.0 Å². The summed E-state index contributed by atoms with van der Waals surface area (Å²) in [5, 5.41) is 3.32. The summed E-state index contributed by atoms with van der Waals surface area (Å²) in [4.78, 5) is -0.313. The molecule has 0 aliphatic carbocycles. The Hall–Kier alpha value is -1.14. The van der Waals surface area contributed by atoms with Crippen molar-refractivity contribution in [2.45, 2.75) is 30.2 Å². The molecule has 1 aliphatic rings. The lowest BCUT2D eigenvalue weighted by Crippen LogP contribution is -2.24. The number of methoxy groups -OCH3 is 1. The summed E-state index contributed by atoms with van der Waals surface area (Å²) in [7, 11) is -2.22. The van der Waals surface area contributed by atoms with Crippen LogP contribution in [0.25, 0.3) is 0 Å². The van der Waals surface area contributed by atoms with Gasteiger partial charge in [0, 0.05) is 12.3 Å². The van der Waals surface area contributed by atoms with E-state index in [-0.39, 0.29) is 10.6 Å². The van der Waals surface area contributed by atoms with E-state index in [4.69, 9.17) is 4.74 Å². The fraction of sp³-hybridized carbons (Fsp3) is 0.538. The first-order valence-electron chi connectivity index (χ1n) is 6.22. The van der Waals surface area contributed by atoms with Crippen LogP contribution in [0.3, 0.4) is 0 Å². The lowest BCUT2D eigenvalue weighted by Gasteiger charge is -2.15. The Bertz CT molecular complexity index is 565. The zero-order valence-electron chi connectivity index (χ0n) is 11.1. The van der Waals surface area contributed by atoms with Gasteiger partial charge in [-0.15, -0.1) is 0 Å². The van der Waals surface area contributed by atoms with Crippen LogP contribution in [0.1, 0.15) is 18.4 Å². The molecule has 0 saturated carbocycles. The third-order valence-corrected chi connectivity index (χ3v) is 4.49. The van der Waals surface area contributed by atoms with Crippen LogP contribution in [-0.2, 0) is 16.3 Å². The lowest BCUT2D eigenvalue weighted by atomic mass is 10.0. The SMILES string of the molecule is COc1c(CC2CCCN2)ccc(S(C)(=O)=O)c1F. The lowest BCUT2D eigenvalue weighted by molar-refractivity contribution is 0.373. The fourth-order valence-electron chi connectivity index (χ4n) is 2.44. The number of rotatable bonds is 4. The van der Waals surface area contributed by atoms with Crippen molar-refractivity contribution in [3.63, 3.8) is 0 Å². The maximum atomic E-state index is 14.2. The Kier molecular flexibility index (Phi) is 4.10. The average Bonchev–Trinajstić information content (AvgIpc) is 2.80. The number of halogens is 1. The van der Waals surface area contributed by atoms with Crippen LogP contribution in [0.4, 0.5) is 4.39 Å². The van der Waals surface area contributed by atoms with Crippen LogP contribution >= 0.6 is 0 Å². The molecule has 1 saturated heterocycles. The second kappa shape index (κ2) is 5.46. The van der Waals surface area contributed by atoms with Crippen molar-refractivity contribution in [2.75, 3.05) is 19.9 Å². The summed E-state index contributed by atoms with van der Waals surface area (Å²) in [5.74, 6) is -0.753. The normalized spacial score (nSPS) is 19.6. The molecule has 1 aliphatic heterocycles. The molecular formula is C13H18FNO3S. The van der Waals surface area contributed by atoms with Gasteiger partial charge in [0.1, 0.15) is 4.90 Å². The molecule has 0 radical (unpaired) electrons. The van der Waals surface area contributed by atoms with Crippen molar-refractivity contribution >= 4 is 9.84 Å². The minimum absolute atomic E-state index is 0.0385. The van der Waals surface area contributed by atoms with Gasteiger partial charge >= 0.3 is 0 Å². The third-order valence-electron chi connectivity index (χ3n) is 3.38. The molecule has 1 N–H and O–H groups in total. The number of nitrogens with one attached hydrogen (secondary N) is 1. The Morgan fingerprint density at radius 2 is 2.21 bits per heavy atom. The number of ether oxygens (including phenoxy) is 1. The molecule has 0 spiro atoms. The number of hydrogen-bond donors (Lipinski definition) is 1. The minimum atomic E-state index is -3.58. The maximum Gasteiger partial charge on any atom is 0.183 e. The predicted molar refractivity (Wildman–Crippen MR) is 70.8 cm³/mol. The van der Waals surface area contributed by atoms with E-state index in [9.17, 15) is 12.8 Å². The molecule has 1 aromatic rings. The van der Waals surface area contributed by atoms with Crippen LogP contribution in [0.5, 0.6) is 5.75 Å². The number of benzene rings is 1. The van der Waals surface area contributed by atoms with Gasteiger partial charge in [-0.05, 0) is 37.4 Å². The summed E-state index contributed by atoms with van der Waals surface area (Å²) >= 11 is 0. The topological polar surface area (TPSA) is 55.4 Å². The van der Waals surface area contributed by atoms with Gasteiger partial charge in [0.05, 0.1) is 7.11 Å². The van der Waals surface area contributed by atoms with Crippen LogP contribution in [0.2, 0.25) is 0 Å². The van der Waals surface area contributed by atoms with Gasteiger partial charge in [-0.25, -0.2) is 12.8 Å². The smallest absolute Gasteiger partial charge is 0.183 e. The van der Waals surface area contributed by atoms with Crippen molar-refractivity contribution in [1.29, 1.82) is 0 Å². The van der Waals surface area contributed by atoms with Crippen LogP contribution in [0, 0.1) is 5.82 Å². The van der Waals surface area contributed by atoms with E-state index < -0.39 is 15.7 Å². The first-order chi connectivity index (χ1) is 8.93. The van der Waals surface area contributed by atoms with Crippen molar-refractivity contribution < 1.29 is 17.5 Å². The van der Waals surface area contributed by atoms with Gasteiger partial charge in [-0.3, -0.25) is 0 Å². The molecule has 1 heterocycles. The molecule has 4 nitrogen and oxygen atoms in total. The Morgan fingerprint density at radius 1 is 1.47 bits per heavy atom. The molecule has 1 unspecified atom stereocenters. The molecule has 1 fully saturated rings. The fourth-order valence-corrected chi connectivity index (χ4v) is 3.18. The van der Waals surface area contributed by atoms with Crippen LogP contribution < -0.4 is 10.1 Å². The molecular weight excluding hydrogens is 269 g/mol. The Labute approximate surface area is 112 Å². The van der Waals surface area contributed by atoms with Crippen LogP contribution in [-0.4, -0.2) is 34.4 Å². The van der Waals surface area contributed by atoms with Crippen molar-refractivity contribution in [3.8, 4) is 5.75 Å². The number of sulfone groups is 1. The summed E-state index contributed by atoms with van der Waals surface area (Å²) in [6.07, 6.45) is 3.78. The highest BCUT2D eigenvalue weighted by molar-refractivity contribution is 7.90. The number of hydrogen-bond acceptors (Lipinski definition) is 4. The monoisotopic (exact) mass is 287 g/mol. The van der Waals surface area contributed by atoms with Crippen molar-refractivity contribution in [2.24, 2.45) is 0 Å². The Morgan fingerprint density at radius 3 is 2.74 bits per heavy atom. The molecule has 106 valence electrons. The van der Waals surface area contributed by atoms with Crippen LogP contribution in [0.15, 0.2) is 17.0 Å². The Balaban J connectivity index is 2.37. The second-order valence-electron chi connectivity index (χ2n) is 4.84. The maximum absolute atomic E-state index is 14.2. The molecule has 19 heavy (non-hydrogen) atoms. The first-order valence-corrected chi connectivity index (χ1v) is 8.11. The zero-order chi connectivity index (χ0) is 14.0. The molecule has 2 rings (SSSR count). The highest BCUT2D eigenvalue weighted by Crippen LogP contribution is 2.30. The molecule has 6 heteroatoms. The largest absolute Gasteiger partial charge is 0.493 e. The molecule has 1 aromatic carbocycles. The van der Waals surface area contributed by atoms with E-state index in [1.807, 2.05) is 0 Å². The molecule has 0 bridgehead atoms. The van der Waals surface area contributed by atoms with E-state index in [1.54, 1.807) is 6.07 Å². The molecule has 0 aromatic heterocycles. The van der Waals surface area contributed by atoms with Crippen molar-refractivity contribution in [3.05, 3.63) is 23.5 Å². The summed E-state index contributed by atoms with van der Waals surface area (Å²) in [6.45, 7) is 0.969. The van der Waals surface area contributed by atoms with Gasteiger partial charge in [0.15, 0.2) is 21.4 Å². The second-order valence-corrected chi connectivity index (χ2v) is 6.82. The zero-order valence-corrected chi connectivity index (χ0v) is 11.9. The van der Waals surface area contributed by atoms with E-state index in [0.717, 1.165) is 25.6 Å². The van der Waals surface area contributed by atoms with Gasteiger partial charge < -0.3 is 10.1 Å². The van der Waals surface area contributed by atoms with E-state index >= 15 is 0 Å². The van der Waals surface area contributed by atoms with Gasteiger partial charge in [-0.1, -0.05) is 6.07 Å². The predicted octanol–water partition coefficient (Wildman–Crippen LogP) is 1.53. The molecule has 0 amide bonds. The minimum Gasteiger partial charge on any atom is -0.493 e. The average molecular weight is 287 g/mol. The van der Waals surface area contributed by atoms with Gasteiger partial charge in [0.25, 0.3) is 0 Å².